The summed E-state index contributed by atoms with van der Waals surface area (Å²) in [5.41, 5.74) is 2.98. The number of benzene rings is 1. The highest BCUT2D eigenvalue weighted by molar-refractivity contribution is 5.60. The highest BCUT2D eigenvalue weighted by Gasteiger charge is 2.03. The number of pyridine rings is 1. The van der Waals surface area contributed by atoms with Gasteiger partial charge < -0.3 is 10.7 Å². The Bertz CT molecular complexity index is 606. The number of nitriles is 1. The van der Waals surface area contributed by atoms with Gasteiger partial charge in [-0.05, 0) is 30.3 Å². The first-order valence-electron chi connectivity index (χ1n) is 5.13. The summed E-state index contributed by atoms with van der Waals surface area (Å²) >= 11 is 0. The lowest BCUT2D eigenvalue weighted by Gasteiger charge is -2.07. The largest absolute Gasteiger partial charge is 0.340 e. The second kappa shape index (κ2) is 5.12. The van der Waals surface area contributed by atoms with E-state index in [1.54, 1.807) is 24.3 Å². The third kappa shape index (κ3) is 2.53. The fraction of sp³-hybridized carbons (Fsp3) is 0. The van der Waals surface area contributed by atoms with Gasteiger partial charge in [-0.3, -0.25) is 0 Å². The molecule has 0 aliphatic heterocycles. The van der Waals surface area contributed by atoms with Crippen molar-refractivity contribution in [1.29, 1.82) is 5.26 Å². The van der Waals surface area contributed by atoms with Gasteiger partial charge in [0.1, 0.15) is 23.5 Å². The number of nitrogens with one attached hydrogen (secondary N) is 2. The molecule has 0 fully saturated rings. The fourth-order valence-electron chi connectivity index (χ4n) is 1.42. The predicted octanol–water partition coefficient (Wildman–Crippen LogP) is 2.12. The summed E-state index contributed by atoms with van der Waals surface area (Å²) in [5.74, 6) is 5.74. The minimum absolute atomic E-state index is 0.0203. The number of hydrazine groups is 1. The Morgan fingerprint density at radius 1 is 1.22 bits per heavy atom. The van der Waals surface area contributed by atoms with Gasteiger partial charge in [0.05, 0.1) is 5.56 Å². The molecule has 0 bridgehead atoms. The van der Waals surface area contributed by atoms with Crippen LogP contribution in [-0.4, -0.2) is 4.98 Å². The number of nitrogens with zero attached hydrogens (tertiary/aromatic N) is 2. The number of hydrogen-bond acceptors (Lipinski definition) is 5. The summed E-state index contributed by atoms with van der Waals surface area (Å²) in [6.07, 6.45) is 0. The van der Waals surface area contributed by atoms with Gasteiger partial charge in [-0.15, -0.1) is 0 Å². The van der Waals surface area contributed by atoms with Crippen LogP contribution in [0.25, 0.3) is 0 Å². The maximum absolute atomic E-state index is 13.1. The van der Waals surface area contributed by atoms with E-state index in [0.29, 0.717) is 17.3 Å². The Morgan fingerprint density at radius 3 is 2.72 bits per heavy atom. The zero-order valence-electron chi connectivity index (χ0n) is 9.31. The number of anilines is 3. The van der Waals surface area contributed by atoms with Gasteiger partial charge in [0, 0.05) is 5.69 Å². The van der Waals surface area contributed by atoms with E-state index < -0.39 is 5.82 Å². The van der Waals surface area contributed by atoms with Gasteiger partial charge in [0.2, 0.25) is 0 Å². The minimum Gasteiger partial charge on any atom is -0.340 e. The topological polar surface area (TPSA) is 86.8 Å². The standard InChI is InChI=1S/C12H10FN5/c13-10-5-4-9(6-8(10)7-14)16-11-2-1-3-12(17-11)18-15/h1-6H,15H2,(H2,16,17,18). The van der Waals surface area contributed by atoms with Crippen LogP contribution in [0.3, 0.4) is 0 Å². The molecule has 0 spiro atoms. The Kier molecular flexibility index (Phi) is 3.36. The van der Waals surface area contributed by atoms with E-state index in [1.807, 2.05) is 0 Å². The normalized spacial score (nSPS) is 9.61. The first-order chi connectivity index (χ1) is 8.72. The fourth-order valence-corrected chi connectivity index (χ4v) is 1.42. The van der Waals surface area contributed by atoms with Crippen LogP contribution < -0.4 is 16.6 Å². The molecule has 90 valence electrons. The molecule has 0 aliphatic rings. The molecule has 2 rings (SSSR count). The summed E-state index contributed by atoms with van der Waals surface area (Å²) in [5, 5.41) is 11.7. The molecule has 4 N–H and O–H groups in total. The number of aromatic nitrogens is 1. The van der Waals surface area contributed by atoms with E-state index >= 15 is 0 Å². The number of hydrogen-bond donors (Lipinski definition) is 3. The average Bonchev–Trinajstić information content (AvgIpc) is 2.41. The van der Waals surface area contributed by atoms with Crippen molar-refractivity contribution in [2.24, 2.45) is 5.84 Å². The van der Waals surface area contributed by atoms with Gasteiger partial charge in [0.25, 0.3) is 0 Å². The monoisotopic (exact) mass is 243 g/mol. The molecule has 0 aliphatic carbocycles. The van der Waals surface area contributed by atoms with Gasteiger partial charge in [-0.1, -0.05) is 6.07 Å². The molecule has 1 aromatic carbocycles. The first kappa shape index (κ1) is 11.8. The summed E-state index contributed by atoms with van der Waals surface area (Å²) in [4.78, 5) is 4.14. The first-order valence-corrected chi connectivity index (χ1v) is 5.13. The molecule has 5 nitrogen and oxygen atoms in total. The maximum Gasteiger partial charge on any atom is 0.142 e. The smallest absolute Gasteiger partial charge is 0.142 e. The van der Waals surface area contributed by atoms with Crippen molar-refractivity contribution < 1.29 is 4.39 Å². The molecule has 0 atom stereocenters. The second-order valence-corrected chi connectivity index (χ2v) is 3.48. The molecular weight excluding hydrogens is 233 g/mol. The molecule has 0 radical (unpaired) electrons. The highest BCUT2D eigenvalue weighted by atomic mass is 19.1. The van der Waals surface area contributed by atoms with E-state index in [9.17, 15) is 4.39 Å². The van der Waals surface area contributed by atoms with Crippen LogP contribution in [0.15, 0.2) is 36.4 Å². The Hall–Kier alpha value is -2.65. The van der Waals surface area contributed by atoms with Crippen LogP contribution in [0.1, 0.15) is 5.56 Å². The molecule has 6 heteroatoms. The summed E-state index contributed by atoms with van der Waals surface area (Å²) in [6.45, 7) is 0. The van der Waals surface area contributed by atoms with Crippen LogP contribution >= 0.6 is 0 Å². The molecule has 0 saturated carbocycles. The minimum atomic E-state index is -0.548. The number of rotatable bonds is 3. The van der Waals surface area contributed by atoms with E-state index in [1.165, 1.54) is 18.2 Å². The quantitative estimate of drug-likeness (QED) is 0.567. The zero-order chi connectivity index (χ0) is 13.0. The van der Waals surface area contributed by atoms with Crippen LogP contribution in [0.5, 0.6) is 0 Å². The van der Waals surface area contributed by atoms with E-state index in [0.717, 1.165) is 0 Å². The SMILES string of the molecule is N#Cc1cc(Nc2cccc(NN)n2)ccc1F. The van der Waals surface area contributed by atoms with E-state index in [4.69, 9.17) is 11.1 Å². The van der Waals surface area contributed by atoms with Crippen LogP contribution in [0, 0.1) is 17.1 Å². The molecule has 2 aromatic rings. The number of halogens is 1. The van der Waals surface area contributed by atoms with Crippen molar-refractivity contribution in [2.75, 3.05) is 10.7 Å². The summed E-state index contributed by atoms with van der Waals surface area (Å²) in [6, 6.07) is 11.1. The lowest BCUT2D eigenvalue weighted by Crippen LogP contribution is -2.08. The maximum atomic E-state index is 13.1. The average molecular weight is 243 g/mol. The van der Waals surface area contributed by atoms with Crippen molar-refractivity contribution in [3.05, 3.63) is 47.8 Å². The summed E-state index contributed by atoms with van der Waals surface area (Å²) < 4.78 is 13.1. The molecule has 0 saturated heterocycles. The van der Waals surface area contributed by atoms with Gasteiger partial charge in [0.15, 0.2) is 0 Å². The molecule has 0 amide bonds. The Labute approximate surface area is 103 Å². The van der Waals surface area contributed by atoms with Crippen LogP contribution in [0.4, 0.5) is 21.7 Å². The molecule has 1 aromatic heterocycles. The third-order valence-electron chi connectivity index (χ3n) is 2.26. The van der Waals surface area contributed by atoms with Gasteiger partial charge >= 0.3 is 0 Å². The van der Waals surface area contributed by atoms with Crippen molar-refractivity contribution in [2.45, 2.75) is 0 Å². The third-order valence-corrected chi connectivity index (χ3v) is 2.26. The van der Waals surface area contributed by atoms with Crippen LogP contribution in [-0.2, 0) is 0 Å². The van der Waals surface area contributed by atoms with Crippen molar-refractivity contribution >= 4 is 17.3 Å². The lowest BCUT2D eigenvalue weighted by molar-refractivity contribution is 0.624. The predicted molar refractivity (Wildman–Crippen MR) is 66.4 cm³/mol. The van der Waals surface area contributed by atoms with Crippen molar-refractivity contribution in [3.8, 4) is 6.07 Å². The van der Waals surface area contributed by atoms with E-state index in [2.05, 4.69) is 15.7 Å². The Morgan fingerprint density at radius 2 is 2.00 bits per heavy atom. The van der Waals surface area contributed by atoms with Gasteiger partial charge in [-0.2, -0.15) is 5.26 Å². The van der Waals surface area contributed by atoms with Crippen LogP contribution in [0.2, 0.25) is 0 Å². The second-order valence-electron chi connectivity index (χ2n) is 3.48. The van der Waals surface area contributed by atoms with Crippen molar-refractivity contribution in [1.82, 2.24) is 4.98 Å². The van der Waals surface area contributed by atoms with Gasteiger partial charge in [-0.25, -0.2) is 15.2 Å². The highest BCUT2D eigenvalue weighted by Crippen LogP contribution is 2.18. The molecule has 1 heterocycles. The molecular formula is C12H10FN5. The molecule has 0 unspecified atom stereocenters. The Balaban J connectivity index is 2.26. The van der Waals surface area contributed by atoms with E-state index in [-0.39, 0.29) is 5.56 Å². The zero-order valence-corrected chi connectivity index (χ0v) is 9.31. The van der Waals surface area contributed by atoms with Crippen molar-refractivity contribution in [3.63, 3.8) is 0 Å². The summed E-state index contributed by atoms with van der Waals surface area (Å²) in [7, 11) is 0. The lowest BCUT2D eigenvalue weighted by atomic mass is 10.2. The number of nitrogens with two attached hydrogens (primary N) is 1. The molecule has 18 heavy (non-hydrogen) atoms. The number of nitrogen functional groups attached to an aromatic ring is 1.